The Morgan fingerprint density at radius 3 is 1.67 bits per heavy atom. The van der Waals surface area contributed by atoms with Crippen LogP contribution in [0.15, 0.2) is 96.6 Å². The molecule has 10 rings (SSSR count). The van der Waals surface area contributed by atoms with E-state index in [0.29, 0.717) is 55.2 Å². The Balaban J connectivity index is 1.02. The van der Waals surface area contributed by atoms with E-state index in [0.717, 1.165) is 48.5 Å². The first-order valence-corrected chi connectivity index (χ1v) is 19.4. The Morgan fingerprint density at radius 1 is 0.545 bits per heavy atom. The maximum absolute atomic E-state index is 14.7. The molecule has 4 aliphatic heterocycles. The van der Waals surface area contributed by atoms with Crippen LogP contribution in [0.4, 0.5) is 22.7 Å². The Hall–Kier alpha value is -5.52. The second kappa shape index (κ2) is 13.3. The van der Waals surface area contributed by atoms with E-state index in [4.69, 9.17) is 9.47 Å². The fourth-order valence-electron chi connectivity index (χ4n) is 10.2. The number of phenols is 1. The van der Waals surface area contributed by atoms with Crippen LogP contribution in [0, 0.1) is 29.6 Å². The average Bonchev–Trinajstić information content (AvgIpc) is 3.64. The van der Waals surface area contributed by atoms with Gasteiger partial charge < -0.3 is 24.4 Å². The van der Waals surface area contributed by atoms with Crippen molar-refractivity contribution in [3.8, 4) is 5.75 Å². The highest BCUT2D eigenvalue weighted by molar-refractivity contribution is 6.24. The molecule has 4 aromatic rings. The topological polar surface area (TPSA) is 120 Å². The van der Waals surface area contributed by atoms with Gasteiger partial charge in [0.15, 0.2) is 0 Å². The quantitative estimate of drug-likeness (QED) is 0.216. The number of morpholine rings is 2. The number of hydrogen-bond acceptors (Lipinski definition) is 9. The zero-order chi connectivity index (χ0) is 37.4. The number of nitrogens with zero attached hydrogens (tertiary/aromatic N) is 4. The van der Waals surface area contributed by atoms with Gasteiger partial charge in [-0.15, -0.1) is 0 Å². The van der Waals surface area contributed by atoms with Gasteiger partial charge in [0.2, 0.25) is 23.6 Å². The number of anilines is 4. The van der Waals surface area contributed by atoms with Crippen molar-refractivity contribution in [2.24, 2.45) is 29.6 Å². The molecule has 6 unspecified atom stereocenters. The van der Waals surface area contributed by atoms with E-state index < -0.39 is 35.5 Å². The number of carbonyl (C=O) groups excluding carboxylic acids is 4. The molecular formula is C44H42N4O7. The van der Waals surface area contributed by atoms with Gasteiger partial charge in [-0.25, -0.2) is 0 Å². The molecule has 4 heterocycles. The first kappa shape index (κ1) is 34.0. The van der Waals surface area contributed by atoms with Gasteiger partial charge in [0.05, 0.1) is 61.5 Å². The molecule has 0 radical (unpaired) electrons. The summed E-state index contributed by atoms with van der Waals surface area (Å²) in [6, 6.07) is 26.4. The van der Waals surface area contributed by atoms with Crippen LogP contribution in [-0.2, 0) is 28.7 Å². The molecule has 55 heavy (non-hydrogen) atoms. The van der Waals surface area contributed by atoms with E-state index >= 15 is 0 Å². The molecule has 6 atom stereocenters. The highest BCUT2D eigenvalue weighted by atomic mass is 16.5. The molecule has 4 amide bonds. The first-order chi connectivity index (χ1) is 26.9. The predicted molar refractivity (Wildman–Crippen MR) is 207 cm³/mol. The number of allylic oxidation sites excluding steroid dienone is 2. The standard InChI is InChI=1S/C44H42N4O7/c49-40-31-4-2-1-3-26(31)5-14-33(40)37-32-15-16-34-38(43(52)47(41(34)50)29-10-6-27(7-11-29)45-17-21-54-22-18-45)35(32)25-36-39(37)44(53)48(42(36)51)30-12-8-28(9-13-30)46-19-23-55-24-20-46/h1-15,34-39,49H,16-25H2. The smallest absolute Gasteiger partial charge is 0.238 e. The van der Waals surface area contributed by atoms with Crippen molar-refractivity contribution in [2.75, 3.05) is 72.2 Å². The van der Waals surface area contributed by atoms with Gasteiger partial charge in [-0.05, 0) is 72.7 Å². The third-order valence-corrected chi connectivity index (χ3v) is 12.9. The van der Waals surface area contributed by atoms with Crippen molar-refractivity contribution in [2.45, 2.75) is 18.8 Å². The fourth-order valence-corrected chi connectivity index (χ4v) is 10.2. The summed E-state index contributed by atoms with van der Waals surface area (Å²) in [5.41, 5.74) is 4.43. The number of rotatable bonds is 5. The maximum Gasteiger partial charge on any atom is 0.238 e. The van der Waals surface area contributed by atoms with Gasteiger partial charge >= 0.3 is 0 Å². The van der Waals surface area contributed by atoms with Crippen molar-refractivity contribution >= 4 is 57.2 Å². The van der Waals surface area contributed by atoms with Crippen LogP contribution in [0.3, 0.4) is 0 Å². The van der Waals surface area contributed by atoms with E-state index in [-0.39, 0.29) is 35.8 Å². The molecule has 1 N–H and O–H groups in total. The normalized spacial score (nSPS) is 28.0. The SMILES string of the molecule is O=C1C2CC=C3C(CC4C(=O)N(c5ccc(N6CCOCC6)cc5)C(=O)C4C3c3ccc4ccccc4c3O)C2C(=O)N1c1ccc(N2CCOCC2)cc1. The second-order valence-electron chi connectivity index (χ2n) is 15.5. The maximum atomic E-state index is 14.7. The van der Waals surface area contributed by atoms with Crippen molar-refractivity contribution in [1.29, 1.82) is 0 Å². The second-order valence-corrected chi connectivity index (χ2v) is 15.5. The third-order valence-electron chi connectivity index (χ3n) is 12.9. The monoisotopic (exact) mass is 738 g/mol. The lowest BCUT2D eigenvalue weighted by Crippen LogP contribution is -2.43. The van der Waals surface area contributed by atoms with Crippen LogP contribution >= 0.6 is 0 Å². The lowest BCUT2D eigenvalue weighted by Gasteiger charge is -2.44. The number of amides is 4. The van der Waals surface area contributed by atoms with E-state index in [1.807, 2.05) is 91.0 Å². The summed E-state index contributed by atoms with van der Waals surface area (Å²) in [6.07, 6.45) is 2.62. The summed E-state index contributed by atoms with van der Waals surface area (Å²) in [7, 11) is 0. The molecule has 11 nitrogen and oxygen atoms in total. The van der Waals surface area contributed by atoms with Crippen molar-refractivity contribution in [3.05, 3.63) is 102 Å². The van der Waals surface area contributed by atoms with E-state index in [1.54, 1.807) is 0 Å². The fraction of sp³-hybridized carbons (Fsp3) is 0.364. The molecule has 5 fully saturated rings. The van der Waals surface area contributed by atoms with Gasteiger partial charge in [0.25, 0.3) is 0 Å². The number of ether oxygens (including phenoxy) is 2. The lowest BCUT2D eigenvalue weighted by molar-refractivity contribution is -0.126. The molecule has 280 valence electrons. The number of aromatic hydroxyl groups is 1. The van der Waals surface area contributed by atoms with E-state index in [9.17, 15) is 24.3 Å². The van der Waals surface area contributed by atoms with Crippen molar-refractivity contribution < 1.29 is 33.8 Å². The Bertz CT molecular complexity index is 2240. The number of carbonyl (C=O) groups is 4. The molecule has 6 aliphatic rings. The zero-order valence-electron chi connectivity index (χ0n) is 30.4. The van der Waals surface area contributed by atoms with Crippen LogP contribution in [0.25, 0.3) is 10.8 Å². The Morgan fingerprint density at radius 2 is 1.07 bits per heavy atom. The Kier molecular flexibility index (Phi) is 8.25. The summed E-state index contributed by atoms with van der Waals surface area (Å²) < 4.78 is 11.0. The molecule has 0 aromatic heterocycles. The number of hydrogen-bond donors (Lipinski definition) is 1. The summed E-state index contributed by atoms with van der Waals surface area (Å²) in [5, 5.41) is 13.4. The minimum atomic E-state index is -0.784. The van der Waals surface area contributed by atoms with Gasteiger partial charge in [-0.1, -0.05) is 48.0 Å². The molecule has 4 aromatic carbocycles. The highest BCUT2D eigenvalue weighted by Crippen LogP contribution is 2.59. The summed E-state index contributed by atoms with van der Waals surface area (Å²) in [5.74, 6) is -5.02. The van der Waals surface area contributed by atoms with E-state index in [2.05, 4.69) is 9.80 Å². The molecule has 0 bridgehead atoms. The largest absolute Gasteiger partial charge is 0.507 e. The number of benzene rings is 4. The van der Waals surface area contributed by atoms with Crippen LogP contribution in [-0.4, -0.2) is 81.3 Å². The van der Waals surface area contributed by atoms with Crippen molar-refractivity contribution in [3.63, 3.8) is 0 Å². The zero-order valence-corrected chi connectivity index (χ0v) is 30.4. The van der Waals surface area contributed by atoms with Gasteiger partial charge in [-0.3, -0.25) is 29.0 Å². The molecule has 4 saturated heterocycles. The Labute approximate surface area is 318 Å². The molecule has 11 heteroatoms. The molecular weight excluding hydrogens is 697 g/mol. The summed E-state index contributed by atoms with van der Waals surface area (Å²) >= 11 is 0. The van der Waals surface area contributed by atoms with Gasteiger partial charge in [0.1, 0.15) is 5.75 Å². The van der Waals surface area contributed by atoms with Gasteiger partial charge in [0, 0.05) is 54.4 Å². The third kappa shape index (κ3) is 5.38. The van der Waals surface area contributed by atoms with Crippen LogP contribution < -0.4 is 19.6 Å². The molecule has 1 saturated carbocycles. The van der Waals surface area contributed by atoms with Crippen LogP contribution in [0.5, 0.6) is 5.75 Å². The van der Waals surface area contributed by atoms with Crippen LogP contribution in [0.2, 0.25) is 0 Å². The average molecular weight is 739 g/mol. The summed E-state index contributed by atoms with van der Waals surface area (Å²) in [4.78, 5) is 65.1. The molecule has 0 spiro atoms. The molecule has 2 aliphatic carbocycles. The number of fused-ring (bicyclic) bond motifs is 5. The minimum Gasteiger partial charge on any atom is -0.507 e. The summed E-state index contributed by atoms with van der Waals surface area (Å²) in [6.45, 7) is 5.66. The van der Waals surface area contributed by atoms with Gasteiger partial charge in [-0.2, -0.15) is 0 Å². The number of phenolic OH excluding ortho intramolecular Hbond substituents is 1. The minimum absolute atomic E-state index is 0.0647. The lowest BCUT2D eigenvalue weighted by atomic mass is 9.57. The highest BCUT2D eigenvalue weighted by Gasteiger charge is 2.62. The van der Waals surface area contributed by atoms with Crippen LogP contribution in [0.1, 0.15) is 24.3 Å². The predicted octanol–water partition coefficient (Wildman–Crippen LogP) is 5.26. The van der Waals surface area contributed by atoms with Crippen molar-refractivity contribution in [1.82, 2.24) is 0 Å². The van der Waals surface area contributed by atoms with E-state index in [1.165, 1.54) is 9.80 Å². The number of imide groups is 2. The first-order valence-electron chi connectivity index (χ1n) is 19.4.